The van der Waals surface area contributed by atoms with Gasteiger partial charge in [-0.25, -0.2) is 9.59 Å². The molecule has 0 atom stereocenters. The molecule has 8 nitrogen and oxygen atoms in total. The first kappa shape index (κ1) is 30.0. The summed E-state index contributed by atoms with van der Waals surface area (Å²) in [4.78, 5) is 29.1. The molecular formula is C23H25F6N3O5. The van der Waals surface area contributed by atoms with E-state index >= 15 is 0 Å². The Bertz CT molecular complexity index is 1010. The summed E-state index contributed by atoms with van der Waals surface area (Å²) in [7, 11) is 0. The molecular weight excluding hydrogens is 512 g/mol. The largest absolute Gasteiger partial charge is 0.490 e. The molecule has 0 radical (unpaired) electrons. The molecule has 4 rings (SSSR count). The number of carboxylic acids is 2. The molecule has 1 aliphatic heterocycles. The van der Waals surface area contributed by atoms with E-state index in [1.54, 1.807) is 0 Å². The Balaban J connectivity index is 0.000000286. The maximum atomic E-state index is 10.6. The van der Waals surface area contributed by atoms with E-state index < -0.39 is 24.3 Å². The van der Waals surface area contributed by atoms with Gasteiger partial charge in [0.2, 0.25) is 0 Å². The van der Waals surface area contributed by atoms with Crippen LogP contribution in [0.3, 0.4) is 0 Å². The lowest BCUT2D eigenvalue weighted by Gasteiger charge is -2.29. The lowest BCUT2D eigenvalue weighted by Crippen LogP contribution is -2.31. The molecule has 0 saturated heterocycles. The van der Waals surface area contributed by atoms with Gasteiger partial charge in [0.25, 0.3) is 0 Å². The second-order valence-corrected chi connectivity index (χ2v) is 8.28. The van der Waals surface area contributed by atoms with Crippen LogP contribution >= 0.6 is 0 Å². The van der Waals surface area contributed by atoms with Gasteiger partial charge in [-0.1, -0.05) is 6.07 Å². The first-order valence-electron chi connectivity index (χ1n) is 11.0. The van der Waals surface area contributed by atoms with E-state index in [0.717, 1.165) is 44.3 Å². The number of rotatable bonds is 6. The van der Waals surface area contributed by atoms with Crippen LogP contribution in [0, 0.1) is 5.92 Å². The van der Waals surface area contributed by atoms with Gasteiger partial charge in [0.15, 0.2) is 0 Å². The minimum atomic E-state index is -5.08. The Hall–Kier alpha value is -3.26. The SMILES string of the molecule is O=C(O)C(F)(F)F.O=C(O)C(F)(F)F.c1ccc(CN2CCc3c(COCC4CC4)cncc3C2)nc1. The van der Waals surface area contributed by atoms with E-state index in [4.69, 9.17) is 24.5 Å². The zero-order valence-corrected chi connectivity index (χ0v) is 19.4. The van der Waals surface area contributed by atoms with Gasteiger partial charge in [0.1, 0.15) is 0 Å². The summed E-state index contributed by atoms with van der Waals surface area (Å²) in [6.07, 6.45) is -0.539. The monoisotopic (exact) mass is 537 g/mol. The Labute approximate surface area is 207 Å². The molecule has 2 N–H and O–H groups in total. The number of aliphatic carboxylic acids is 2. The lowest BCUT2D eigenvalue weighted by atomic mass is 9.97. The number of alkyl halides is 6. The van der Waals surface area contributed by atoms with Crippen molar-refractivity contribution in [3.8, 4) is 0 Å². The second-order valence-electron chi connectivity index (χ2n) is 8.28. The summed E-state index contributed by atoms with van der Waals surface area (Å²) in [5.74, 6) is -4.70. The highest BCUT2D eigenvalue weighted by molar-refractivity contribution is 5.73. The topological polar surface area (TPSA) is 113 Å². The summed E-state index contributed by atoms with van der Waals surface area (Å²) in [5.41, 5.74) is 5.21. The van der Waals surface area contributed by atoms with Crippen LogP contribution in [0.25, 0.3) is 0 Å². The van der Waals surface area contributed by atoms with Crippen LogP contribution < -0.4 is 0 Å². The first-order valence-corrected chi connectivity index (χ1v) is 11.0. The number of ether oxygens (including phenoxy) is 1. The van der Waals surface area contributed by atoms with Crippen molar-refractivity contribution < 1.29 is 50.9 Å². The number of hydrogen-bond acceptors (Lipinski definition) is 6. The van der Waals surface area contributed by atoms with Gasteiger partial charge in [0.05, 0.1) is 12.3 Å². The van der Waals surface area contributed by atoms with Crippen molar-refractivity contribution in [2.24, 2.45) is 5.92 Å². The van der Waals surface area contributed by atoms with E-state index in [1.807, 2.05) is 24.7 Å². The number of fused-ring (bicyclic) bond motifs is 1. The predicted octanol–water partition coefficient (Wildman–Crippen LogP) is 4.23. The van der Waals surface area contributed by atoms with Gasteiger partial charge in [-0.05, 0) is 54.0 Å². The Morgan fingerprint density at radius 3 is 2.16 bits per heavy atom. The third-order valence-corrected chi connectivity index (χ3v) is 5.21. The van der Waals surface area contributed by atoms with Crippen molar-refractivity contribution in [2.75, 3.05) is 13.2 Å². The van der Waals surface area contributed by atoms with E-state index in [9.17, 15) is 26.3 Å². The Morgan fingerprint density at radius 1 is 1.03 bits per heavy atom. The zero-order valence-electron chi connectivity index (χ0n) is 19.4. The molecule has 37 heavy (non-hydrogen) atoms. The maximum Gasteiger partial charge on any atom is 0.490 e. The number of carbonyl (C=O) groups is 2. The van der Waals surface area contributed by atoms with Gasteiger partial charge < -0.3 is 14.9 Å². The highest BCUT2D eigenvalue weighted by Crippen LogP contribution is 2.29. The number of pyridine rings is 2. The van der Waals surface area contributed by atoms with Gasteiger partial charge >= 0.3 is 24.3 Å². The zero-order chi connectivity index (χ0) is 27.6. The molecule has 0 aromatic carbocycles. The molecule has 2 aliphatic rings. The summed E-state index contributed by atoms with van der Waals surface area (Å²) < 4.78 is 69.3. The molecule has 0 amide bonds. The quantitative estimate of drug-likeness (QED) is 0.527. The molecule has 2 aromatic heterocycles. The minimum Gasteiger partial charge on any atom is -0.475 e. The molecule has 204 valence electrons. The van der Waals surface area contributed by atoms with Crippen LogP contribution in [0.2, 0.25) is 0 Å². The van der Waals surface area contributed by atoms with Crippen LogP contribution in [0.4, 0.5) is 26.3 Å². The summed E-state index contributed by atoms with van der Waals surface area (Å²) in [6.45, 7) is 4.56. The number of carboxylic acid groups (broad SMARTS) is 2. The van der Waals surface area contributed by atoms with Crippen molar-refractivity contribution in [3.05, 3.63) is 59.2 Å². The van der Waals surface area contributed by atoms with E-state index in [2.05, 4.69) is 27.0 Å². The molecule has 1 saturated carbocycles. The molecule has 0 bridgehead atoms. The minimum absolute atomic E-state index is 0.715. The van der Waals surface area contributed by atoms with Gasteiger partial charge in [-0.15, -0.1) is 0 Å². The van der Waals surface area contributed by atoms with Crippen LogP contribution in [0.15, 0.2) is 36.8 Å². The van der Waals surface area contributed by atoms with Crippen LogP contribution in [0.1, 0.15) is 35.2 Å². The smallest absolute Gasteiger partial charge is 0.475 e. The third kappa shape index (κ3) is 11.1. The van der Waals surface area contributed by atoms with Crippen molar-refractivity contribution in [3.63, 3.8) is 0 Å². The number of halogens is 6. The van der Waals surface area contributed by atoms with Crippen molar-refractivity contribution in [1.82, 2.24) is 14.9 Å². The molecule has 1 aliphatic carbocycles. The molecule has 1 fully saturated rings. The van der Waals surface area contributed by atoms with Crippen molar-refractivity contribution in [2.45, 2.75) is 51.3 Å². The fourth-order valence-corrected chi connectivity index (χ4v) is 3.23. The van der Waals surface area contributed by atoms with Gasteiger partial charge in [0, 0.05) is 44.8 Å². The van der Waals surface area contributed by atoms with Crippen molar-refractivity contribution in [1.29, 1.82) is 0 Å². The van der Waals surface area contributed by atoms with E-state index in [0.29, 0.717) is 6.61 Å². The van der Waals surface area contributed by atoms with E-state index in [1.165, 1.54) is 29.5 Å². The highest BCUT2D eigenvalue weighted by atomic mass is 19.4. The normalized spacial score (nSPS) is 15.4. The second kappa shape index (κ2) is 13.3. The molecule has 2 aromatic rings. The van der Waals surface area contributed by atoms with Crippen LogP contribution in [-0.4, -0.2) is 62.5 Å². The number of aromatic nitrogens is 2. The fourth-order valence-electron chi connectivity index (χ4n) is 3.23. The number of nitrogens with zero attached hydrogens (tertiary/aromatic N) is 3. The third-order valence-electron chi connectivity index (χ3n) is 5.21. The first-order chi connectivity index (χ1) is 17.3. The Morgan fingerprint density at radius 2 is 1.65 bits per heavy atom. The maximum absolute atomic E-state index is 10.6. The van der Waals surface area contributed by atoms with Gasteiger partial charge in [-0.2, -0.15) is 26.3 Å². The van der Waals surface area contributed by atoms with Crippen LogP contribution in [0.5, 0.6) is 0 Å². The molecule has 0 spiro atoms. The summed E-state index contributed by atoms with van der Waals surface area (Å²) in [6, 6.07) is 6.11. The standard InChI is InChI=1S/C19H23N3O.2C2HF3O2/c1-2-7-21-18(3-1)12-22-8-6-19-16(11-22)9-20-10-17(19)14-23-13-15-4-5-15;2*3-2(4,5)1(6)7/h1-3,7,9-10,15H,4-6,8,11-14H2;2*(H,6,7). The summed E-state index contributed by atoms with van der Waals surface area (Å²) in [5, 5.41) is 14.2. The highest BCUT2D eigenvalue weighted by Gasteiger charge is 2.38. The predicted molar refractivity (Wildman–Crippen MR) is 116 cm³/mol. The lowest BCUT2D eigenvalue weighted by molar-refractivity contribution is -0.193. The molecule has 0 unspecified atom stereocenters. The Kier molecular flexibility index (Phi) is 10.8. The van der Waals surface area contributed by atoms with Crippen molar-refractivity contribution >= 4 is 11.9 Å². The fraction of sp³-hybridized carbons (Fsp3) is 0.478. The van der Waals surface area contributed by atoms with E-state index in [-0.39, 0.29) is 0 Å². The average Bonchev–Trinajstić information content (AvgIpc) is 3.64. The average molecular weight is 537 g/mol. The molecule has 3 heterocycles. The molecule has 14 heteroatoms. The number of hydrogen-bond donors (Lipinski definition) is 2. The van der Waals surface area contributed by atoms with Gasteiger partial charge in [-0.3, -0.25) is 14.9 Å². The summed E-state index contributed by atoms with van der Waals surface area (Å²) >= 11 is 0. The van der Waals surface area contributed by atoms with Crippen LogP contribution in [-0.2, 0) is 40.4 Å².